The number of aliphatic hydroxyl groups is 1. The van der Waals surface area contributed by atoms with Crippen molar-refractivity contribution in [3.05, 3.63) is 79.4 Å². The molecule has 0 aliphatic heterocycles. The van der Waals surface area contributed by atoms with Gasteiger partial charge in [0.25, 0.3) is 5.91 Å². The molecule has 0 bridgehead atoms. The van der Waals surface area contributed by atoms with Gasteiger partial charge in [0.1, 0.15) is 11.4 Å². The van der Waals surface area contributed by atoms with Gasteiger partial charge < -0.3 is 10.4 Å². The molecule has 0 aliphatic rings. The third-order valence-electron chi connectivity index (χ3n) is 3.62. The molecule has 0 fully saturated rings. The average molecular weight is 382 g/mol. The van der Waals surface area contributed by atoms with E-state index < -0.39 is 17.3 Å². The van der Waals surface area contributed by atoms with Gasteiger partial charge in [0.2, 0.25) is 0 Å². The van der Waals surface area contributed by atoms with Crippen LogP contribution in [0.15, 0.2) is 52.5 Å². The van der Waals surface area contributed by atoms with Crippen molar-refractivity contribution in [1.29, 1.82) is 0 Å². The highest BCUT2D eigenvalue weighted by Gasteiger charge is 2.34. The normalized spacial score (nSPS) is 13.5. The van der Waals surface area contributed by atoms with Gasteiger partial charge in [0.15, 0.2) is 0 Å². The molecule has 3 nitrogen and oxygen atoms in total. The highest BCUT2D eigenvalue weighted by molar-refractivity contribution is 7.10. The summed E-state index contributed by atoms with van der Waals surface area (Å²) in [6.07, 6.45) is 0. The van der Waals surface area contributed by atoms with Crippen LogP contribution < -0.4 is 5.32 Å². The summed E-state index contributed by atoms with van der Waals surface area (Å²) in [5.41, 5.74) is -0.922. The highest BCUT2D eigenvalue weighted by atomic mass is 35.5. The first-order valence-electron chi connectivity index (χ1n) is 7.03. The molecule has 3 aromatic rings. The van der Waals surface area contributed by atoms with Gasteiger partial charge in [-0.1, -0.05) is 23.7 Å². The van der Waals surface area contributed by atoms with Crippen LogP contribution in [-0.2, 0) is 5.60 Å². The second-order valence-electron chi connectivity index (χ2n) is 5.13. The summed E-state index contributed by atoms with van der Waals surface area (Å²) >= 11 is 8.75. The molecule has 1 amide bonds. The van der Waals surface area contributed by atoms with Crippen LogP contribution in [0.1, 0.15) is 20.8 Å². The number of benzene rings is 1. The van der Waals surface area contributed by atoms with Crippen molar-refractivity contribution in [3.63, 3.8) is 0 Å². The zero-order chi connectivity index (χ0) is 17.2. The van der Waals surface area contributed by atoms with E-state index in [4.69, 9.17) is 11.6 Å². The lowest BCUT2D eigenvalue weighted by molar-refractivity contribution is 0.0718. The Hall–Kier alpha value is -1.73. The van der Waals surface area contributed by atoms with Crippen molar-refractivity contribution in [2.75, 3.05) is 6.54 Å². The summed E-state index contributed by atoms with van der Waals surface area (Å²) in [5.74, 6) is -1.36. The van der Waals surface area contributed by atoms with Gasteiger partial charge in [-0.25, -0.2) is 4.39 Å². The standard InChI is InChI=1S/C17H13ClFNO2S2/c18-12-3-1-4-13(19)15(12)16(21)20-10-17(22,11-6-8-23-9-11)14-5-2-7-24-14/h1-9,22H,10H2,(H,20,21)/t17-/m0/s1. The predicted octanol–water partition coefficient (Wildman–Crippen LogP) is 4.27. The minimum absolute atomic E-state index is 0.0303. The Morgan fingerprint density at radius 3 is 2.71 bits per heavy atom. The van der Waals surface area contributed by atoms with Crippen molar-refractivity contribution in [2.45, 2.75) is 5.60 Å². The Labute approximate surface area is 151 Å². The first-order chi connectivity index (χ1) is 11.5. The van der Waals surface area contributed by atoms with E-state index >= 15 is 0 Å². The zero-order valence-electron chi connectivity index (χ0n) is 12.3. The van der Waals surface area contributed by atoms with Gasteiger partial charge in [-0.3, -0.25) is 4.79 Å². The van der Waals surface area contributed by atoms with Gasteiger partial charge in [-0.2, -0.15) is 11.3 Å². The molecule has 0 radical (unpaired) electrons. The number of hydrogen-bond acceptors (Lipinski definition) is 4. The fourth-order valence-electron chi connectivity index (χ4n) is 2.36. The topological polar surface area (TPSA) is 49.3 Å². The minimum Gasteiger partial charge on any atom is -0.378 e. The quantitative estimate of drug-likeness (QED) is 0.693. The molecule has 2 heterocycles. The number of hydrogen-bond donors (Lipinski definition) is 2. The Morgan fingerprint density at radius 2 is 2.08 bits per heavy atom. The molecule has 2 aromatic heterocycles. The smallest absolute Gasteiger partial charge is 0.255 e. The number of thiophene rings is 2. The lowest BCUT2D eigenvalue weighted by atomic mass is 9.94. The molecule has 0 aliphatic carbocycles. The fraction of sp³-hybridized carbons (Fsp3) is 0.118. The molecule has 0 saturated heterocycles. The lowest BCUT2D eigenvalue weighted by Crippen LogP contribution is -2.41. The summed E-state index contributed by atoms with van der Waals surface area (Å²) in [5, 5.41) is 19.3. The number of halogens is 2. The Balaban J connectivity index is 1.86. The Bertz CT molecular complexity index is 780. The van der Waals surface area contributed by atoms with E-state index in [1.54, 1.807) is 12.1 Å². The molecule has 0 spiro atoms. The highest BCUT2D eigenvalue weighted by Crippen LogP contribution is 2.33. The maximum atomic E-state index is 13.9. The molecule has 7 heteroatoms. The average Bonchev–Trinajstić information content (AvgIpc) is 3.25. The van der Waals surface area contributed by atoms with Crippen molar-refractivity contribution in [1.82, 2.24) is 5.32 Å². The first-order valence-corrected chi connectivity index (χ1v) is 9.23. The number of carbonyl (C=O) groups is 1. The van der Waals surface area contributed by atoms with E-state index in [1.807, 2.05) is 22.2 Å². The monoisotopic (exact) mass is 381 g/mol. The summed E-state index contributed by atoms with van der Waals surface area (Å²) in [6.45, 7) is -0.0895. The molecule has 24 heavy (non-hydrogen) atoms. The lowest BCUT2D eigenvalue weighted by Gasteiger charge is -2.27. The maximum absolute atomic E-state index is 13.9. The van der Waals surface area contributed by atoms with Crippen LogP contribution in [0.3, 0.4) is 0 Å². The van der Waals surface area contributed by atoms with Gasteiger partial charge in [0.05, 0.1) is 17.1 Å². The zero-order valence-corrected chi connectivity index (χ0v) is 14.7. The van der Waals surface area contributed by atoms with E-state index in [9.17, 15) is 14.3 Å². The molecule has 0 saturated carbocycles. The van der Waals surface area contributed by atoms with Crippen molar-refractivity contribution < 1.29 is 14.3 Å². The van der Waals surface area contributed by atoms with Gasteiger partial charge in [-0.15, -0.1) is 11.3 Å². The first kappa shape index (κ1) is 17.1. The second-order valence-corrected chi connectivity index (χ2v) is 7.26. The molecule has 1 atom stereocenters. The molecule has 3 rings (SSSR count). The molecular weight excluding hydrogens is 369 g/mol. The Morgan fingerprint density at radius 1 is 1.25 bits per heavy atom. The van der Waals surface area contributed by atoms with Gasteiger partial charge >= 0.3 is 0 Å². The van der Waals surface area contributed by atoms with E-state index in [-0.39, 0.29) is 17.1 Å². The summed E-state index contributed by atoms with van der Waals surface area (Å²) in [4.78, 5) is 13.0. The van der Waals surface area contributed by atoms with Crippen LogP contribution in [0, 0.1) is 5.82 Å². The number of nitrogens with one attached hydrogen (secondary N) is 1. The van der Waals surface area contributed by atoms with Crippen LogP contribution in [-0.4, -0.2) is 17.6 Å². The number of carbonyl (C=O) groups excluding carboxylic acids is 1. The minimum atomic E-state index is -1.37. The second kappa shape index (κ2) is 7.03. The largest absolute Gasteiger partial charge is 0.378 e. The van der Waals surface area contributed by atoms with Crippen LogP contribution in [0.25, 0.3) is 0 Å². The van der Waals surface area contributed by atoms with Crippen LogP contribution in [0.4, 0.5) is 4.39 Å². The molecule has 0 unspecified atom stereocenters. The van der Waals surface area contributed by atoms with Crippen molar-refractivity contribution in [3.8, 4) is 0 Å². The van der Waals surface area contributed by atoms with E-state index in [0.717, 1.165) is 0 Å². The molecule has 2 N–H and O–H groups in total. The van der Waals surface area contributed by atoms with Crippen LogP contribution >= 0.6 is 34.3 Å². The maximum Gasteiger partial charge on any atom is 0.255 e. The van der Waals surface area contributed by atoms with E-state index in [2.05, 4.69) is 5.32 Å². The van der Waals surface area contributed by atoms with E-state index in [0.29, 0.717) is 10.4 Å². The summed E-state index contributed by atoms with van der Waals surface area (Å²) in [7, 11) is 0. The van der Waals surface area contributed by atoms with Crippen LogP contribution in [0.2, 0.25) is 5.02 Å². The third-order valence-corrected chi connectivity index (χ3v) is 5.64. The van der Waals surface area contributed by atoms with Crippen LogP contribution in [0.5, 0.6) is 0 Å². The number of amides is 1. The van der Waals surface area contributed by atoms with Crippen molar-refractivity contribution >= 4 is 40.2 Å². The third kappa shape index (κ3) is 3.23. The predicted molar refractivity (Wildman–Crippen MR) is 95.4 cm³/mol. The van der Waals surface area contributed by atoms with E-state index in [1.165, 1.54) is 40.9 Å². The molecular formula is C17H13ClFNO2S2. The molecule has 124 valence electrons. The molecule has 1 aromatic carbocycles. The Kier molecular flexibility index (Phi) is 5.01. The summed E-state index contributed by atoms with van der Waals surface area (Å²) < 4.78 is 13.9. The fourth-order valence-corrected chi connectivity index (χ4v) is 4.18. The number of rotatable bonds is 5. The SMILES string of the molecule is O=C(NC[C@](O)(c1ccsc1)c1cccs1)c1c(F)cccc1Cl. The van der Waals surface area contributed by atoms with Gasteiger partial charge in [-0.05, 0) is 40.4 Å². The van der Waals surface area contributed by atoms with Crippen molar-refractivity contribution in [2.24, 2.45) is 0 Å². The van der Waals surface area contributed by atoms with Gasteiger partial charge in [0, 0.05) is 10.4 Å². The summed E-state index contributed by atoms with van der Waals surface area (Å²) in [6, 6.07) is 9.47.